The van der Waals surface area contributed by atoms with E-state index in [1.807, 2.05) is 11.9 Å². The lowest BCUT2D eigenvalue weighted by Gasteiger charge is -2.24. The summed E-state index contributed by atoms with van der Waals surface area (Å²) in [5, 5.41) is 8.68. The Bertz CT molecular complexity index is 510. The number of hydrogen-bond donors (Lipinski definition) is 1. The van der Waals surface area contributed by atoms with Gasteiger partial charge in [0.25, 0.3) is 0 Å². The summed E-state index contributed by atoms with van der Waals surface area (Å²) >= 11 is 0. The number of hydrogen-bond acceptors (Lipinski definition) is 3. The number of carboxylic acids is 1. The van der Waals surface area contributed by atoms with Crippen LogP contribution >= 0.6 is 0 Å². The van der Waals surface area contributed by atoms with Crippen molar-refractivity contribution in [1.82, 2.24) is 0 Å². The summed E-state index contributed by atoms with van der Waals surface area (Å²) in [6.07, 6.45) is 4.44. The maximum atomic E-state index is 13.9. The van der Waals surface area contributed by atoms with Crippen molar-refractivity contribution in [2.45, 2.75) is 18.9 Å². The number of ether oxygens (including phenoxy) is 1. The number of benzene rings is 1. The first-order valence-electron chi connectivity index (χ1n) is 6.60. The Balaban J connectivity index is 2.20. The lowest BCUT2D eigenvalue weighted by atomic mass is 10.1. The van der Waals surface area contributed by atoms with E-state index in [9.17, 15) is 9.18 Å². The fourth-order valence-corrected chi connectivity index (χ4v) is 2.37. The van der Waals surface area contributed by atoms with E-state index in [1.54, 1.807) is 12.1 Å². The van der Waals surface area contributed by atoms with Gasteiger partial charge in [0, 0.05) is 37.5 Å². The van der Waals surface area contributed by atoms with Gasteiger partial charge in [-0.1, -0.05) is 6.07 Å². The smallest absolute Gasteiger partial charge is 0.328 e. The summed E-state index contributed by atoms with van der Waals surface area (Å²) in [5.41, 5.74) is 0.952. The van der Waals surface area contributed by atoms with E-state index in [4.69, 9.17) is 9.84 Å². The van der Waals surface area contributed by atoms with Crippen LogP contribution < -0.4 is 4.90 Å². The van der Waals surface area contributed by atoms with Gasteiger partial charge in [0.15, 0.2) is 0 Å². The van der Waals surface area contributed by atoms with Crippen LogP contribution in [-0.4, -0.2) is 37.4 Å². The molecule has 1 atom stereocenters. The van der Waals surface area contributed by atoms with E-state index >= 15 is 0 Å². The molecule has 1 saturated heterocycles. The molecule has 108 valence electrons. The average Bonchev–Trinajstić information content (AvgIpc) is 2.89. The van der Waals surface area contributed by atoms with Crippen LogP contribution in [-0.2, 0) is 9.53 Å². The standard InChI is InChI=1S/C15H18FNO3/c1-17(10-11-4-3-9-20-11)14-6-2-5-13(16)12(14)7-8-15(18)19/h2,5-8,11H,3-4,9-10H2,1H3,(H,18,19)/b8-7+. The van der Waals surface area contributed by atoms with Gasteiger partial charge in [0.1, 0.15) is 5.82 Å². The van der Waals surface area contributed by atoms with Crippen molar-refractivity contribution in [3.8, 4) is 0 Å². The highest BCUT2D eigenvalue weighted by atomic mass is 19.1. The minimum Gasteiger partial charge on any atom is -0.478 e. The predicted octanol–water partition coefficient (Wildman–Crippen LogP) is 2.54. The second-order valence-electron chi connectivity index (χ2n) is 4.86. The molecule has 0 radical (unpaired) electrons. The van der Waals surface area contributed by atoms with Crippen LogP contribution in [0, 0.1) is 5.82 Å². The third-order valence-corrected chi connectivity index (χ3v) is 3.34. The molecule has 1 aromatic rings. The zero-order valence-corrected chi connectivity index (χ0v) is 11.4. The number of halogens is 1. The number of carboxylic acid groups (broad SMARTS) is 1. The molecule has 0 aliphatic carbocycles. The lowest BCUT2D eigenvalue weighted by molar-refractivity contribution is -0.131. The molecule has 0 spiro atoms. The van der Waals surface area contributed by atoms with Gasteiger partial charge in [-0.3, -0.25) is 0 Å². The van der Waals surface area contributed by atoms with E-state index < -0.39 is 11.8 Å². The number of carbonyl (C=O) groups is 1. The van der Waals surface area contributed by atoms with Gasteiger partial charge in [-0.05, 0) is 31.1 Å². The number of likely N-dealkylation sites (N-methyl/N-ethyl adjacent to an activating group) is 1. The molecule has 0 saturated carbocycles. The van der Waals surface area contributed by atoms with Crippen LogP contribution in [0.25, 0.3) is 6.08 Å². The zero-order chi connectivity index (χ0) is 14.5. The first kappa shape index (κ1) is 14.5. The Morgan fingerprint density at radius 3 is 3.05 bits per heavy atom. The fraction of sp³-hybridized carbons (Fsp3) is 0.400. The van der Waals surface area contributed by atoms with E-state index in [0.717, 1.165) is 25.5 Å². The van der Waals surface area contributed by atoms with Crippen molar-refractivity contribution in [2.24, 2.45) is 0 Å². The lowest BCUT2D eigenvalue weighted by Crippen LogP contribution is -2.29. The van der Waals surface area contributed by atoms with Crippen molar-refractivity contribution >= 4 is 17.7 Å². The minimum absolute atomic E-state index is 0.152. The molecule has 1 heterocycles. The molecule has 2 rings (SSSR count). The van der Waals surface area contributed by atoms with Gasteiger partial charge < -0.3 is 14.7 Å². The summed E-state index contributed by atoms with van der Waals surface area (Å²) in [7, 11) is 1.86. The highest BCUT2D eigenvalue weighted by Gasteiger charge is 2.19. The fourth-order valence-electron chi connectivity index (χ4n) is 2.37. The summed E-state index contributed by atoms with van der Waals surface area (Å²) < 4.78 is 19.4. The quantitative estimate of drug-likeness (QED) is 0.841. The molecular formula is C15H18FNO3. The molecular weight excluding hydrogens is 261 g/mol. The summed E-state index contributed by atoms with van der Waals surface area (Å²) in [6, 6.07) is 4.72. The molecule has 1 aliphatic heterocycles. The molecule has 1 unspecified atom stereocenters. The van der Waals surface area contributed by atoms with Crippen LogP contribution in [0.1, 0.15) is 18.4 Å². The Labute approximate surface area is 117 Å². The van der Waals surface area contributed by atoms with Crippen molar-refractivity contribution in [1.29, 1.82) is 0 Å². The second kappa shape index (κ2) is 6.52. The molecule has 5 heteroatoms. The summed E-state index contributed by atoms with van der Waals surface area (Å²) in [4.78, 5) is 12.5. The number of anilines is 1. The third-order valence-electron chi connectivity index (χ3n) is 3.34. The number of aliphatic carboxylic acids is 1. The Morgan fingerprint density at radius 2 is 2.40 bits per heavy atom. The Morgan fingerprint density at radius 1 is 1.60 bits per heavy atom. The van der Waals surface area contributed by atoms with Crippen LogP contribution in [0.4, 0.5) is 10.1 Å². The maximum Gasteiger partial charge on any atom is 0.328 e. The van der Waals surface area contributed by atoms with Crippen LogP contribution in [0.2, 0.25) is 0 Å². The van der Waals surface area contributed by atoms with Crippen molar-refractivity contribution in [3.05, 3.63) is 35.7 Å². The van der Waals surface area contributed by atoms with E-state index in [-0.39, 0.29) is 11.7 Å². The molecule has 20 heavy (non-hydrogen) atoms. The first-order chi connectivity index (χ1) is 9.58. The van der Waals surface area contributed by atoms with Crippen LogP contribution in [0.15, 0.2) is 24.3 Å². The maximum absolute atomic E-state index is 13.9. The van der Waals surface area contributed by atoms with E-state index in [2.05, 4.69) is 0 Å². The van der Waals surface area contributed by atoms with Gasteiger partial charge in [-0.25, -0.2) is 9.18 Å². The SMILES string of the molecule is CN(CC1CCCO1)c1cccc(F)c1/C=C/C(=O)O. The first-order valence-corrected chi connectivity index (χ1v) is 6.60. The van der Waals surface area contributed by atoms with E-state index in [1.165, 1.54) is 12.1 Å². The Kier molecular flexibility index (Phi) is 4.74. The molecule has 1 aliphatic rings. The molecule has 0 amide bonds. The number of nitrogens with zero attached hydrogens (tertiary/aromatic N) is 1. The van der Waals surface area contributed by atoms with Gasteiger partial charge in [-0.15, -0.1) is 0 Å². The normalized spacial score (nSPS) is 18.6. The molecule has 1 aromatic carbocycles. The van der Waals surface area contributed by atoms with Crippen LogP contribution in [0.5, 0.6) is 0 Å². The van der Waals surface area contributed by atoms with Crippen LogP contribution in [0.3, 0.4) is 0 Å². The Hall–Kier alpha value is -1.88. The predicted molar refractivity (Wildman–Crippen MR) is 75.3 cm³/mol. The molecule has 0 aromatic heterocycles. The number of rotatable bonds is 5. The molecule has 1 N–H and O–H groups in total. The zero-order valence-electron chi connectivity index (χ0n) is 11.4. The van der Waals surface area contributed by atoms with E-state index in [0.29, 0.717) is 12.2 Å². The summed E-state index contributed by atoms with van der Waals surface area (Å²) in [5.74, 6) is -1.53. The minimum atomic E-state index is -1.10. The average molecular weight is 279 g/mol. The topological polar surface area (TPSA) is 49.8 Å². The third kappa shape index (κ3) is 3.57. The largest absolute Gasteiger partial charge is 0.478 e. The molecule has 4 nitrogen and oxygen atoms in total. The van der Waals surface area contributed by atoms with Gasteiger partial charge >= 0.3 is 5.97 Å². The van der Waals surface area contributed by atoms with Crippen molar-refractivity contribution in [3.63, 3.8) is 0 Å². The van der Waals surface area contributed by atoms with Gasteiger partial charge in [0.2, 0.25) is 0 Å². The van der Waals surface area contributed by atoms with Crippen molar-refractivity contribution in [2.75, 3.05) is 25.1 Å². The van der Waals surface area contributed by atoms with Gasteiger partial charge in [-0.2, -0.15) is 0 Å². The highest BCUT2D eigenvalue weighted by Crippen LogP contribution is 2.25. The summed E-state index contributed by atoms with van der Waals surface area (Å²) in [6.45, 7) is 1.44. The monoisotopic (exact) mass is 279 g/mol. The van der Waals surface area contributed by atoms with Crippen molar-refractivity contribution < 1.29 is 19.0 Å². The van der Waals surface area contributed by atoms with Gasteiger partial charge in [0.05, 0.1) is 6.10 Å². The molecule has 0 bridgehead atoms. The molecule has 1 fully saturated rings. The second-order valence-corrected chi connectivity index (χ2v) is 4.86. The highest BCUT2D eigenvalue weighted by molar-refractivity contribution is 5.87.